The maximum Gasteiger partial charge on any atom is 0.255 e. The van der Waals surface area contributed by atoms with Crippen molar-refractivity contribution in [2.24, 2.45) is 5.73 Å². The number of fused-ring (bicyclic) bond motifs is 3. The van der Waals surface area contributed by atoms with Crippen LogP contribution in [0, 0.1) is 0 Å². The molecule has 4 aromatic rings. The van der Waals surface area contributed by atoms with Crippen molar-refractivity contribution in [3.05, 3.63) is 82.5 Å². The third-order valence-electron chi connectivity index (χ3n) is 6.37. The Hall–Kier alpha value is -4.70. The minimum Gasteiger partial charge on any atom is -0.495 e. The first-order chi connectivity index (χ1) is 18.8. The molecule has 0 saturated carbocycles. The molecule has 200 valence electrons. The first-order valence-corrected chi connectivity index (χ1v) is 12.4. The number of nitrogens with one attached hydrogen (secondary N) is 2. The molecule has 0 saturated heterocycles. The molecule has 0 radical (unpaired) electrons. The number of ether oxygens (including phenoxy) is 3. The van der Waals surface area contributed by atoms with Gasteiger partial charge >= 0.3 is 0 Å². The van der Waals surface area contributed by atoms with Gasteiger partial charge in [-0.3, -0.25) is 14.2 Å². The zero-order valence-electron chi connectivity index (χ0n) is 21.4. The quantitative estimate of drug-likeness (QED) is 0.296. The topological polar surface area (TPSA) is 130 Å². The van der Waals surface area contributed by atoms with E-state index >= 15 is 0 Å². The molecule has 0 spiro atoms. The summed E-state index contributed by atoms with van der Waals surface area (Å²) in [6, 6.07) is 17.5. The van der Waals surface area contributed by atoms with Crippen molar-refractivity contribution in [1.29, 1.82) is 0 Å². The number of carbonyl (C=O) groups excluding carboxylic acids is 2. The Bertz CT molecular complexity index is 1610. The molecule has 1 aromatic heterocycles. The van der Waals surface area contributed by atoms with Crippen LogP contribution in [-0.2, 0) is 9.59 Å². The summed E-state index contributed by atoms with van der Waals surface area (Å²) in [6.45, 7) is 1.59. The largest absolute Gasteiger partial charge is 0.495 e. The minimum absolute atomic E-state index is 0.234. The molecule has 10 nitrogen and oxygen atoms in total. The van der Waals surface area contributed by atoms with E-state index in [0.717, 1.165) is 16.6 Å². The van der Waals surface area contributed by atoms with Crippen LogP contribution in [0.2, 0.25) is 5.02 Å². The van der Waals surface area contributed by atoms with E-state index < -0.39 is 11.9 Å². The Morgan fingerprint density at radius 1 is 1.08 bits per heavy atom. The van der Waals surface area contributed by atoms with Gasteiger partial charge in [0.2, 0.25) is 5.95 Å². The number of para-hydroxylation sites is 2. The number of carbonyl (C=O) groups is 2. The van der Waals surface area contributed by atoms with Crippen LogP contribution in [0.3, 0.4) is 0 Å². The van der Waals surface area contributed by atoms with Gasteiger partial charge in [0.25, 0.3) is 11.8 Å². The van der Waals surface area contributed by atoms with Gasteiger partial charge in [0.15, 0.2) is 6.61 Å². The number of imidazole rings is 1. The molecule has 3 aromatic carbocycles. The third-order valence-corrected chi connectivity index (χ3v) is 6.67. The smallest absolute Gasteiger partial charge is 0.255 e. The number of halogens is 1. The van der Waals surface area contributed by atoms with Crippen LogP contribution in [0.4, 0.5) is 11.6 Å². The van der Waals surface area contributed by atoms with Gasteiger partial charge in [-0.2, -0.15) is 0 Å². The zero-order valence-corrected chi connectivity index (χ0v) is 22.2. The van der Waals surface area contributed by atoms with Crippen LogP contribution in [0.5, 0.6) is 17.2 Å². The van der Waals surface area contributed by atoms with E-state index in [-0.39, 0.29) is 12.5 Å². The summed E-state index contributed by atoms with van der Waals surface area (Å²) in [6.07, 6.45) is 0. The second-order valence-corrected chi connectivity index (χ2v) is 9.23. The highest BCUT2D eigenvalue weighted by Gasteiger charge is 2.34. The summed E-state index contributed by atoms with van der Waals surface area (Å²) in [5.41, 5.74) is 9.14. The number of methoxy groups -OCH3 is 2. The lowest BCUT2D eigenvalue weighted by atomic mass is 9.94. The molecule has 0 unspecified atom stereocenters. The number of amides is 2. The van der Waals surface area contributed by atoms with E-state index in [4.69, 9.17) is 36.5 Å². The number of rotatable bonds is 8. The standard InChI is InChI=1S/C28H26ClN5O5/c1-15-25(27(36)32-20-13-22(37-2)18(29)12-23(20)38-3)26(16-8-10-17(11-9-16)39-14-24(30)35)34-21-7-5-4-6-19(21)33-28(34)31-15/h4-13,26H,14H2,1-3H3,(H2,30,35)(H,31,33)(H,32,36)/t26-/m0/s1. The maximum absolute atomic E-state index is 14.0. The number of hydrogen-bond donors (Lipinski definition) is 3. The van der Waals surface area contributed by atoms with Crippen molar-refractivity contribution in [1.82, 2.24) is 9.55 Å². The fourth-order valence-corrected chi connectivity index (χ4v) is 4.85. The summed E-state index contributed by atoms with van der Waals surface area (Å²) in [4.78, 5) is 29.9. The van der Waals surface area contributed by atoms with E-state index in [1.165, 1.54) is 14.2 Å². The summed E-state index contributed by atoms with van der Waals surface area (Å²) >= 11 is 6.26. The molecule has 0 bridgehead atoms. The highest BCUT2D eigenvalue weighted by atomic mass is 35.5. The normalized spacial score (nSPS) is 14.4. The molecule has 4 N–H and O–H groups in total. The molecule has 1 aliphatic rings. The van der Waals surface area contributed by atoms with Gasteiger partial charge in [0, 0.05) is 17.8 Å². The number of anilines is 2. The first-order valence-electron chi connectivity index (χ1n) is 12.0. The van der Waals surface area contributed by atoms with E-state index in [2.05, 4.69) is 10.6 Å². The average Bonchev–Trinajstić information content (AvgIpc) is 3.29. The Morgan fingerprint density at radius 3 is 2.49 bits per heavy atom. The van der Waals surface area contributed by atoms with Crippen molar-refractivity contribution in [3.8, 4) is 17.2 Å². The number of allylic oxidation sites excluding steroid dienone is 1. The Morgan fingerprint density at radius 2 is 1.79 bits per heavy atom. The van der Waals surface area contributed by atoms with Gasteiger partial charge in [0.05, 0.1) is 47.6 Å². The first kappa shape index (κ1) is 25.9. The van der Waals surface area contributed by atoms with Gasteiger partial charge < -0.3 is 30.6 Å². The molecule has 0 aliphatic carbocycles. The predicted molar refractivity (Wildman–Crippen MR) is 149 cm³/mol. The van der Waals surface area contributed by atoms with Crippen LogP contribution in [0.1, 0.15) is 18.5 Å². The maximum atomic E-state index is 14.0. The number of nitrogens with two attached hydrogens (primary N) is 1. The summed E-state index contributed by atoms with van der Waals surface area (Å²) in [5.74, 6) is 0.939. The van der Waals surface area contributed by atoms with E-state index in [1.807, 2.05) is 47.9 Å². The molecule has 2 heterocycles. The van der Waals surface area contributed by atoms with Gasteiger partial charge in [-0.1, -0.05) is 35.9 Å². The molecule has 0 fully saturated rings. The molecule has 2 amide bonds. The molecule has 1 atom stereocenters. The number of primary amides is 1. The molecular formula is C28H26ClN5O5. The number of benzene rings is 3. The van der Waals surface area contributed by atoms with Gasteiger partial charge in [-0.25, -0.2) is 4.98 Å². The zero-order chi connectivity index (χ0) is 27.7. The average molecular weight is 548 g/mol. The number of aromatic nitrogens is 2. The third kappa shape index (κ3) is 4.94. The lowest BCUT2D eigenvalue weighted by Crippen LogP contribution is -2.31. The second kappa shape index (κ2) is 10.6. The van der Waals surface area contributed by atoms with Gasteiger partial charge in [-0.15, -0.1) is 0 Å². The lowest BCUT2D eigenvalue weighted by Gasteiger charge is -2.31. The number of hydrogen-bond acceptors (Lipinski definition) is 7. The van der Waals surface area contributed by atoms with Crippen LogP contribution in [0.15, 0.2) is 71.9 Å². The molecule has 11 heteroatoms. The van der Waals surface area contributed by atoms with E-state index in [0.29, 0.717) is 45.2 Å². The minimum atomic E-state index is -0.571. The van der Waals surface area contributed by atoms with E-state index in [1.54, 1.807) is 24.3 Å². The predicted octanol–water partition coefficient (Wildman–Crippen LogP) is 4.50. The van der Waals surface area contributed by atoms with Crippen LogP contribution >= 0.6 is 11.6 Å². The number of nitrogens with zero attached hydrogens (tertiary/aromatic N) is 2. The molecule has 1 aliphatic heterocycles. The van der Waals surface area contributed by atoms with Crippen LogP contribution in [0.25, 0.3) is 11.0 Å². The molecular weight excluding hydrogens is 522 g/mol. The molecule has 5 rings (SSSR count). The van der Waals surface area contributed by atoms with Crippen molar-refractivity contribution < 1.29 is 23.8 Å². The Labute approximate surface area is 229 Å². The fraction of sp³-hybridized carbons (Fsp3) is 0.179. The van der Waals surface area contributed by atoms with Crippen molar-refractivity contribution >= 4 is 46.1 Å². The van der Waals surface area contributed by atoms with Crippen molar-refractivity contribution in [2.45, 2.75) is 13.0 Å². The highest BCUT2D eigenvalue weighted by Crippen LogP contribution is 2.41. The SMILES string of the molecule is COc1cc(NC(=O)C2=C(C)Nc3nc4ccccc4n3[C@H]2c2ccc(OCC(N)=O)cc2)c(OC)cc1Cl. The summed E-state index contributed by atoms with van der Waals surface area (Å²) in [7, 11) is 2.99. The Balaban J connectivity index is 1.60. The van der Waals surface area contributed by atoms with Crippen molar-refractivity contribution in [3.63, 3.8) is 0 Å². The fourth-order valence-electron chi connectivity index (χ4n) is 4.62. The lowest BCUT2D eigenvalue weighted by molar-refractivity contribution is -0.120. The van der Waals surface area contributed by atoms with Crippen LogP contribution in [-0.4, -0.2) is 42.2 Å². The monoisotopic (exact) mass is 547 g/mol. The highest BCUT2D eigenvalue weighted by molar-refractivity contribution is 6.32. The van der Waals surface area contributed by atoms with Crippen molar-refractivity contribution in [2.75, 3.05) is 31.5 Å². The summed E-state index contributed by atoms with van der Waals surface area (Å²) < 4.78 is 18.2. The van der Waals surface area contributed by atoms with Crippen LogP contribution < -0.4 is 30.6 Å². The van der Waals surface area contributed by atoms with E-state index in [9.17, 15) is 9.59 Å². The van der Waals surface area contributed by atoms with Gasteiger partial charge in [0.1, 0.15) is 17.2 Å². The van der Waals surface area contributed by atoms with Gasteiger partial charge in [-0.05, 0) is 36.8 Å². The second-order valence-electron chi connectivity index (χ2n) is 8.83. The molecule has 39 heavy (non-hydrogen) atoms. The Kier molecular flexibility index (Phi) is 7.03. The summed E-state index contributed by atoms with van der Waals surface area (Å²) in [5, 5.41) is 6.61.